The molecule has 5 heteroatoms. The monoisotopic (exact) mass is 272 g/mol. The third-order valence-corrected chi connectivity index (χ3v) is 3.18. The molecule has 18 heavy (non-hydrogen) atoms. The normalized spacial score (nSPS) is 19.3. The van der Waals surface area contributed by atoms with Gasteiger partial charge in [0.2, 0.25) is 0 Å². The molecule has 1 N–H and O–H groups in total. The molecule has 1 amide bonds. The zero-order valence-electron chi connectivity index (χ0n) is 10.6. The predicted molar refractivity (Wildman–Crippen MR) is 71.8 cm³/mol. The van der Waals surface area contributed by atoms with Gasteiger partial charge in [-0.15, -0.1) is 12.4 Å². The Bertz CT molecular complexity index is 439. The minimum absolute atomic E-state index is 0. The van der Waals surface area contributed by atoms with E-state index in [2.05, 4.69) is 5.32 Å². The van der Waals surface area contributed by atoms with Crippen LogP contribution in [-0.4, -0.2) is 36.5 Å². The topological polar surface area (TPSA) is 32.3 Å². The van der Waals surface area contributed by atoms with Gasteiger partial charge in [0.15, 0.2) is 0 Å². The summed E-state index contributed by atoms with van der Waals surface area (Å²) in [5.74, 6) is -0.302. The summed E-state index contributed by atoms with van der Waals surface area (Å²) in [5.41, 5.74) is 1.29. The van der Waals surface area contributed by atoms with Crippen molar-refractivity contribution in [3.63, 3.8) is 0 Å². The van der Waals surface area contributed by atoms with Crippen LogP contribution in [0.3, 0.4) is 0 Å². The van der Waals surface area contributed by atoms with Crippen molar-refractivity contribution in [2.45, 2.75) is 19.9 Å². The molecule has 0 aromatic heterocycles. The highest BCUT2D eigenvalue weighted by Gasteiger charge is 2.24. The zero-order chi connectivity index (χ0) is 12.4. The number of carbonyl (C=O) groups is 1. The molecule has 1 atom stereocenters. The van der Waals surface area contributed by atoms with E-state index in [9.17, 15) is 9.18 Å². The molecule has 1 aromatic carbocycles. The van der Waals surface area contributed by atoms with E-state index in [-0.39, 0.29) is 30.2 Å². The Morgan fingerprint density at radius 3 is 2.83 bits per heavy atom. The van der Waals surface area contributed by atoms with Crippen molar-refractivity contribution in [1.82, 2.24) is 10.2 Å². The van der Waals surface area contributed by atoms with Crippen LogP contribution in [0.15, 0.2) is 18.2 Å². The van der Waals surface area contributed by atoms with E-state index in [1.807, 2.05) is 11.8 Å². The number of amides is 1. The van der Waals surface area contributed by atoms with Crippen molar-refractivity contribution in [1.29, 1.82) is 0 Å². The number of piperazine rings is 1. The Labute approximate surface area is 113 Å². The van der Waals surface area contributed by atoms with Crippen LogP contribution < -0.4 is 5.32 Å². The Balaban J connectivity index is 0.00000162. The van der Waals surface area contributed by atoms with E-state index in [1.54, 1.807) is 13.0 Å². The van der Waals surface area contributed by atoms with Crippen LogP contribution >= 0.6 is 12.4 Å². The largest absolute Gasteiger partial charge is 0.333 e. The van der Waals surface area contributed by atoms with Gasteiger partial charge in [-0.25, -0.2) is 4.39 Å². The number of hydrogen-bond acceptors (Lipinski definition) is 2. The van der Waals surface area contributed by atoms with Crippen molar-refractivity contribution in [2.24, 2.45) is 0 Å². The molecular weight excluding hydrogens is 255 g/mol. The highest BCUT2D eigenvalue weighted by molar-refractivity contribution is 5.95. The Morgan fingerprint density at radius 1 is 1.50 bits per heavy atom. The van der Waals surface area contributed by atoms with Gasteiger partial charge in [-0.2, -0.15) is 0 Å². The minimum atomic E-state index is -0.299. The standard InChI is InChI=1S/C13H17FN2O.ClH/c1-9-7-11(14)3-4-12(9)13(17)16-6-5-15-8-10(16)2;/h3-4,7,10,15H,5-6,8H2,1-2H3;1H. The highest BCUT2D eigenvalue weighted by Crippen LogP contribution is 2.15. The highest BCUT2D eigenvalue weighted by atomic mass is 35.5. The van der Waals surface area contributed by atoms with Crippen molar-refractivity contribution >= 4 is 18.3 Å². The number of rotatable bonds is 1. The number of hydrogen-bond donors (Lipinski definition) is 1. The molecule has 1 unspecified atom stereocenters. The second-order valence-electron chi connectivity index (χ2n) is 4.51. The summed E-state index contributed by atoms with van der Waals surface area (Å²) >= 11 is 0. The molecular formula is C13H18ClFN2O. The fourth-order valence-corrected chi connectivity index (χ4v) is 2.16. The van der Waals surface area contributed by atoms with Gasteiger partial charge in [0.1, 0.15) is 5.82 Å². The van der Waals surface area contributed by atoms with E-state index in [1.165, 1.54) is 12.1 Å². The fraction of sp³-hybridized carbons (Fsp3) is 0.462. The SMILES string of the molecule is Cc1cc(F)ccc1C(=O)N1CCNCC1C.Cl. The van der Waals surface area contributed by atoms with Crippen molar-refractivity contribution in [3.05, 3.63) is 35.1 Å². The molecule has 3 nitrogen and oxygen atoms in total. The van der Waals surface area contributed by atoms with Gasteiger partial charge in [-0.1, -0.05) is 0 Å². The molecule has 1 heterocycles. The molecule has 1 aliphatic rings. The first-order valence-electron chi connectivity index (χ1n) is 5.87. The maximum absolute atomic E-state index is 13.0. The van der Waals surface area contributed by atoms with Crippen molar-refractivity contribution in [2.75, 3.05) is 19.6 Å². The molecule has 1 fully saturated rings. The average Bonchev–Trinajstić information content (AvgIpc) is 2.29. The maximum atomic E-state index is 13.0. The Hall–Kier alpha value is -1.13. The molecule has 100 valence electrons. The third kappa shape index (κ3) is 3.00. The van der Waals surface area contributed by atoms with E-state index in [0.29, 0.717) is 17.7 Å². The number of benzene rings is 1. The molecule has 1 saturated heterocycles. The quantitative estimate of drug-likeness (QED) is 0.848. The van der Waals surface area contributed by atoms with E-state index in [4.69, 9.17) is 0 Å². The van der Waals surface area contributed by atoms with Crippen LogP contribution in [0.1, 0.15) is 22.8 Å². The summed E-state index contributed by atoms with van der Waals surface area (Å²) in [6.07, 6.45) is 0. The van der Waals surface area contributed by atoms with Gasteiger partial charge in [-0.05, 0) is 37.6 Å². The van der Waals surface area contributed by atoms with Gasteiger partial charge in [0, 0.05) is 31.2 Å². The molecule has 0 aliphatic carbocycles. The number of carbonyl (C=O) groups excluding carboxylic acids is 1. The lowest BCUT2D eigenvalue weighted by Crippen LogP contribution is -2.52. The molecule has 0 spiro atoms. The fourth-order valence-electron chi connectivity index (χ4n) is 2.16. The van der Waals surface area contributed by atoms with Gasteiger partial charge in [-0.3, -0.25) is 4.79 Å². The lowest BCUT2D eigenvalue weighted by atomic mass is 10.1. The zero-order valence-corrected chi connectivity index (χ0v) is 11.4. The molecule has 1 aromatic rings. The number of nitrogens with zero attached hydrogens (tertiary/aromatic N) is 1. The van der Waals surface area contributed by atoms with Gasteiger partial charge >= 0.3 is 0 Å². The first-order chi connectivity index (χ1) is 8.09. The second kappa shape index (κ2) is 6.16. The van der Waals surface area contributed by atoms with Gasteiger partial charge in [0.25, 0.3) is 5.91 Å². The smallest absolute Gasteiger partial charge is 0.254 e. The summed E-state index contributed by atoms with van der Waals surface area (Å²) in [6, 6.07) is 4.50. The van der Waals surface area contributed by atoms with Crippen molar-refractivity contribution in [3.8, 4) is 0 Å². The van der Waals surface area contributed by atoms with Crippen LogP contribution in [0.2, 0.25) is 0 Å². The van der Waals surface area contributed by atoms with Crippen molar-refractivity contribution < 1.29 is 9.18 Å². The first-order valence-corrected chi connectivity index (χ1v) is 5.87. The molecule has 2 rings (SSSR count). The average molecular weight is 273 g/mol. The lowest BCUT2D eigenvalue weighted by molar-refractivity contribution is 0.0655. The lowest BCUT2D eigenvalue weighted by Gasteiger charge is -2.34. The summed E-state index contributed by atoms with van der Waals surface area (Å²) in [4.78, 5) is 14.2. The number of nitrogens with one attached hydrogen (secondary N) is 1. The Kier molecular flexibility index (Phi) is 5.11. The molecule has 0 radical (unpaired) electrons. The van der Waals surface area contributed by atoms with Gasteiger partial charge < -0.3 is 10.2 Å². The van der Waals surface area contributed by atoms with Crippen LogP contribution in [-0.2, 0) is 0 Å². The number of halogens is 2. The summed E-state index contributed by atoms with van der Waals surface area (Å²) < 4.78 is 13.0. The van der Waals surface area contributed by atoms with E-state index in [0.717, 1.165) is 13.1 Å². The molecule has 1 aliphatic heterocycles. The first kappa shape index (κ1) is 14.9. The van der Waals surface area contributed by atoms with E-state index < -0.39 is 0 Å². The molecule has 0 saturated carbocycles. The maximum Gasteiger partial charge on any atom is 0.254 e. The molecule has 0 bridgehead atoms. The minimum Gasteiger partial charge on any atom is -0.333 e. The van der Waals surface area contributed by atoms with Crippen LogP contribution in [0.5, 0.6) is 0 Å². The van der Waals surface area contributed by atoms with Gasteiger partial charge in [0.05, 0.1) is 0 Å². The second-order valence-corrected chi connectivity index (χ2v) is 4.51. The van der Waals surface area contributed by atoms with E-state index >= 15 is 0 Å². The summed E-state index contributed by atoms with van der Waals surface area (Å²) in [6.45, 7) is 6.12. The summed E-state index contributed by atoms with van der Waals surface area (Å²) in [5, 5.41) is 3.24. The summed E-state index contributed by atoms with van der Waals surface area (Å²) in [7, 11) is 0. The number of aryl methyl sites for hydroxylation is 1. The van der Waals surface area contributed by atoms with Crippen LogP contribution in [0, 0.1) is 12.7 Å². The van der Waals surface area contributed by atoms with Crippen LogP contribution in [0.25, 0.3) is 0 Å². The predicted octanol–water partition coefficient (Wildman–Crippen LogP) is 1.99. The Morgan fingerprint density at radius 2 is 2.22 bits per heavy atom. The van der Waals surface area contributed by atoms with Crippen LogP contribution in [0.4, 0.5) is 4.39 Å². The third-order valence-electron chi connectivity index (χ3n) is 3.18.